The minimum atomic E-state index is -0.601. The number of amides is 2. The second-order valence-electron chi connectivity index (χ2n) is 6.34. The maximum absolute atomic E-state index is 12.2. The number of urea groups is 1. The van der Waals surface area contributed by atoms with Crippen molar-refractivity contribution in [3.63, 3.8) is 0 Å². The third-order valence-electron chi connectivity index (χ3n) is 4.16. The fourth-order valence-corrected chi connectivity index (χ4v) is 2.91. The molecule has 0 aliphatic heterocycles. The lowest BCUT2D eigenvalue weighted by Gasteiger charge is -2.18. The number of fused-ring (bicyclic) bond motifs is 1. The molecule has 2 atom stereocenters. The summed E-state index contributed by atoms with van der Waals surface area (Å²) in [6.07, 6.45) is 3.37. The zero-order chi connectivity index (χ0) is 17.1. The normalized spacial score (nSPS) is 19.3. The average molecular weight is 329 g/mol. The molecule has 0 saturated carbocycles. The van der Waals surface area contributed by atoms with Crippen molar-refractivity contribution < 1.29 is 9.90 Å². The molecule has 3 N–H and O–H groups in total. The van der Waals surface area contributed by atoms with Crippen LogP contribution in [0.3, 0.4) is 0 Å². The summed E-state index contributed by atoms with van der Waals surface area (Å²) in [5, 5.41) is 20.0. The fraction of sp³-hybridized carbons (Fsp3) is 0.412. The van der Waals surface area contributed by atoms with E-state index in [0.717, 1.165) is 24.2 Å². The summed E-state index contributed by atoms with van der Waals surface area (Å²) in [6, 6.07) is 7.05. The predicted molar refractivity (Wildman–Crippen MR) is 91.8 cm³/mol. The summed E-state index contributed by atoms with van der Waals surface area (Å²) < 4.78 is 1.79. The van der Waals surface area contributed by atoms with E-state index in [1.54, 1.807) is 17.1 Å². The molecule has 24 heavy (non-hydrogen) atoms. The Kier molecular flexibility index (Phi) is 4.82. The summed E-state index contributed by atoms with van der Waals surface area (Å²) in [5.41, 5.74) is 2.68. The highest BCUT2D eigenvalue weighted by Gasteiger charge is 2.31. The van der Waals surface area contributed by atoms with Crippen molar-refractivity contribution in [3.05, 3.63) is 47.8 Å². The largest absolute Gasteiger partial charge is 0.390 e. The highest BCUT2D eigenvalue weighted by molar-refractivity contribution is 5.89. The molecule has 1 heterocycles. The number of anilines is 1. The van der Waals surface area contributed by atoms with E-state index >= 15 is 0 Å². The molecule has 0 saturated heterocycles. The SMILES string of the molecule is CN(C)CCn1cc(NC(=O)N[C@@H]2c3ccccc3C[C@@H]2O)cn1. The van der Waals surface area contributed by atoms with Gasteiger partial charge in [-0.1, -0.05) is 24.3 Å². The zero-order valence-electron chi connectivity index (χ0n) is 13.9. The van der Waals surface area contributed by atoms with E-state index < -0.39 is 6.10 Å². The first-order valence-corrected chi connectivity index (χ1v) is 8.03. The molecule has 1 aromatic heterocycles. The molecule has 3 rings (SSSR count). The summed E-state index contributed by atoms with van der Waals surface area (Å²) >= 11 is 0. The molecule has 0 spiro atoms. The van der Waals surface area contributed by atoms with Crippen molar-refractivity contribution in [3.8, 4) is 0 Å². The van der Waals surface area contributed by atoms with Crippen molar-refractivity contribution in [2.45, 2.75) is 25.1 Å². The lowest BCUT2D eigenvalue weighted by atomic mass is 10.1. The van der Waals surface area contributed by atoms with Crippen LogP contribution >= 0.6 is 0 Å². The quantitative estimate of drug-likeness (QED) is 0.770. The molecule has 128 valence electrons. The van der Waals surface area contributed by atoms with Crippen LogP contribution in [-0.4, -0.2) is 52.6 Å². The van der Waals surface area contributed by atoms with Crippen molar-refractivity contribution in [1.82, 2.24) is 20.0 Å². The summed E-state index contributed by atoms with van der Waals surface area (Å²) in [6.45, 7) is 1.63. The first-order valence-electron chi connectivity index (χ1n) is 8.03. The Hall–Kier alpha value is -2.38. The van der Waals surface area contributed by atoms with Gasteiger partial charge in [0.25, 0.3) is 0 Å². The minimum Gasteiger partial charge on any atom is -0.390 e. The van der Waals surface area contributed by atoms with Crippen LogP contribution in [0.1, 0.15) is 17.2 Å². The number of aliphatic hydroxyl groups excluding tert-OH is 1. The van der Waals surface area contributed by atoms with Crippen LogP contribution in [0, 0.1) is 0 Å². The van der Waals surface area contributed by atoms with Gasteiger partial charge >= 0.3 is 6.03 Å². The standard InChI is InChI=1S/C17H23N5O2/c1-21(2)7-8-22-11-13(10-18-22)19-17(24)20-16-14-6-4-3-5-12(14)9-15(16)23/h3-6,10-11,15-16,23H,7-9H2,1-2H3,(H2,19,20,24)/t15-,16+/m0/s1. The van der Waals surface area contributed by atoms with E-state index in [0.29, 0.717) is 12.1 Å². The van der Waals surface area contributed by atoms with Crippen molar-refractivity contribution >= 4 is 11.7 Å². The number of hydrogen-bond donors (Lipinski definition) is 3. The number of likely N-dealkylation sites (N-methyl/N-ethyl adjacent to an activating group) is 1. The van der Waals surface area contributed by atoms with Gasteiger partial charge in [-0.15, -0.1) is 0 Å². The van der Waals surface area contributed by atoms with Crippen LogP contribution in [0.4, 0.5) is 10.5 Å². The number of carbonyl (C=O) groups is 1. The number of carbonyl (C=O) groups excluding carboxylic acids is 1. The summed E-state index contributed by atoms with van der Waals surface area (Å²) in [4.78, 5) is 14.3. The Bertz CT molecular complexity index is 713. The predicted octanol–water partition coefficient (Wildman–Crippen LogP) is 1.22. The highest BCUT2D eigenvalue weighted by atomic mass is 16.3. The lowest BCUT2D eigenvalue weighted by Crippen LogP contribution is -2.36. The van der Waals surface area contributed by atoms with E-state index in [-0.39, 0.29) is 12.1 Å². The van der Waals surface area contributed by atoms with E-state index in [2.05, 4.69) is 20.6 Å². The maximum atomic E-state index is 12.2. The number of aromatic nitrogens is 2. The van der Waals surface area contributed by atoms with E-state index in [4.69, 9.17) is 0 Å². The Morgan fingerprint density at radius 3 is 3.00 bits per heavy atom. The summed E-state index contributed by atoms with van der Waals surface area (Å²) in [5.74, 6) is 0. The number of nitrogens with one attached hydrogen (secondary N) is 2. The van der Waals surface area contributed by atoms with Crippen LogP contribution < -0.4 is 10.6 Å². The second kappa shape index (κ2) is 7.02. The highest BCUT2D eigenvalue weighted by Crippen LogP contribution is 2.31. The van der Waals surface area contributed by atoms with E-state index in [1.165, 1.54) is 0 Å². The Morgan fingerprint density at radius 1 is 1.42 bits per heavy atom. The van der Waals surface area contributed by atoms with Crippen LogP contribution in [0.15, 0.2) is 36.7 Å². The van der Waals surface area contributed by atoms with Gasteiger partial charge in [0.05, 0.1) is 30.6 Å². The molecule has 0 unspecified atom stereocenters. The first-order chi connectivity index (χ1) is 11.5. The average Bonchev–Trinajstić information content (AvgIpc) is 3.10. The van der Waals surface area contributed by atoms with Crippen molar-refractivity contribution in [1.29, 1.82) is 0 Å². The second-order valence-corrected chi connectivity index (χ2v) is 6.34. The van der Waals surface area contributed by atoms with Gasteiger partial charge in [0.2, 0.25) is 0 Å². The lowest BCUT2D eigenvalue weighted by molar-refractivity contribution is 0.144. The molecule has 0 bridgehead atoms. The number of aliphatic hydroxyl groups is 1. The minimum absolute atomic E-state index is 0.345. The Balaban J connectivity index is 1.58. The van der Waals surface area contributed by atoms with Gasteiger partial charge in [-0.05, 0) is 25.2 Å². The third kappa shape index (κ3) is 3.74. The molecule has 1 aliphatic rings. The van der Waals surface area contributed by atoms with Crippen molar-refractivity contribution in [2.24, 2.45) is 0 Å². The van der Waals surface area contributed by atoms with Crippen LogP contribution in [-0.2, 0) is 13.0 Å². The maximum Gasteiger partial charge on any atom is 0.319 e. The molecule has 7 nitrogen and oxygen atoms in total. The molecule has 2 amide bonds. The first kappa shape index (κ1) is 16.5. The molecule has 0 fully saturated rings. The molecule has 1 aliphatic carbocycles. The number of hydrogen-bond acceptors (Lipinski definition) is 4. The Labute approximate surface area is 141 Å². The number of benzene rings is 1. The molecule has 0 radical (unpaired) electrons. The monoisotopic (exact) mass is 329 g/mol. The van der Waals surface area contributed by atoms with Gasteiger partial charge in [0, 0.05) is 19.2 Å². The van der Waals surface area contributed by atoms with Crippen LogP contribution in [0.25, 0.3) is 0 Å². The Morgan fingerprint density at radius 2 is 2.21 bits per heavy atom. The molecular formula is C17H23N5O2. The van der Waals surface area contributed by atoms with Crippen LogP contribution in [0.5, 0.6) is 0 Å². The molecular weight excluding hydrogens is 306 g/mol. The van der Waals surface area contributed by atoms with E-state index in [9.17, 15) is 9.90 Å². The molecule has 2 aromatic rings. The third-order valence-corrected chi connectivity index (χ3v) is 4.16. The number of rotatable bonds is 5. The van der Waals surface area contributed by atoms with Gasteiger partial charge in [-0.25, -0.2) is 4.79 Å². The van der Waals surface area contributed by atoms with Gasteiger partial charge in [0.15, 0.2) is 0 Å². The molecule has 1 aromatic carbocycles. The zero-order valence-corrected chi connectivity index (χ0v) is 13.9. The smallest absolute Gasteiger partial charge is 0.319 e. The van der Waals surface area contributed by atoms with Crippen molar-refractivity contribution in [2.75, 3.05) is 26.0 Å². The van der Waals surface area contributed by atoms with Gasteiger partial charge in [-0.3, -0.25) is 4.68 Å². The fourth-order valence-electron chi connectivity index (χ4n) is 2.91. The van der Waals surface area contributed by atoms with Gasteiger partial charge < -0.3 is 20.6 Å². The van der Waals surface area contributed by atoms with Gasteiger partial charge in [-0.2, -0.15) is 5.10 Å². The number of nitrogens with zero attached hydrogens (tertiary/aromatic N) is 3. The summed E-state index contributed by atoms with van der Waals surface area (Å²) in [7, 11) is 4.00. The molecule has 7 heteroatoms. The van der Waals surface area contributed by atoms with Gasteiger partial charge in [0.1, 0.15) is 0 Å². The van der Waals surface area contributed by atoms with Crippen LogP contribution in [0.2, 0.25) is 0 Å². The topological polar surface area (TPSA) is 82.4 Å². The van der Waals surface area contributed by atoms with E-state index in [1.807, 2.05) is 38.4 Å².